The summed E-state index contributed by atoms with van der Waals surface area (Å²) in [6.45, 7) is 16.1. The third-order valence-electron chi connectivity index (χ3n) is 8.48. The molecule has 0 aromatic rings. The van der Waals surface area contributed by atoms with Crippen molar-refractivity contribution in [3.05, 3.63) is 34.9 Å². The van der Waals surface area contributed by atoms with E-state index in [1.807, 2.05) is 46.8 Å². The van der Waals surface area contributed by atoms with Gasteiger partial charge in [0.15, 0.2) is 0 Å². The summed E-state index contributed by atoms with van der Waals surface area (Å²) in [5.41, 5.74) is 0.239. The van der Waals surface area contributed by atoms with Gasteiger partial charge in [0, 0.05) is 11.5 Å². The number of fused-ring (bicyclic) bond motifs is 2. The highest BCUT2D eigenvalue weighted by Crippen LogP contribution is 2.66. The summed E-state index contributed by atoms with van der Waals surface area (Å²) in [4.78, 5) is 37.7. The molecular weight excluding hydrogens is 420 g/mol. The summed E-state index contributed by atoms with van der Waals surface area (Å²) >= 11 is 0. The van der Waals surface area contributed by atoms with E-state index in [1.165, 1.54) is 6.08 Å². The zero-order valence-electron chi connectivity index (χ0n) is 21.3. The summed E-state index contributed by atoms with van der Waals surface area (Å²) in [6, 6.07) is 0. The first-order valence-electron chi connectivity index (χ1n) is 11.9. The highest BCUT2D eigenvalue weighted by atomic mass is 16.6. The fourth-order valence-corrected chi connectivity index (χ4v) is 5.61. The molecule has 0 radical (unpaired) electrons. The number of carbonyl (C=O) groups excluding carboxylic acids is 3. The van der Waals surface area contributed by atoms with Crippen LogP contribution in [0.5, 0.6) is 0 Å². The number of carbonyl (C=O) groups is 3. The van der Waals surface area contributed by atoms with E-state index < -0.39 is 22.4 Å². The number of ether oxygens (including phenoxy) is 3. The second-order valence-electron chi connectivity index (χ2n) is 11.1. The van der Waals surface area contributed by atoms with Crippen LogP contribution in [0.25, 0.3) is 0 Å². The Hall–Kier alpha value is -2.37. The summed E-state index contributed by atoms with van der Waals surface area (Å²) in [6.07, 6.45) is 7.66. The number of hydrogen-bond donors (Lipinski definition) is 0. The molecule has 1 saturated heterocycles. The molecule has 6 nitrogen and oxygen atoms in total. The van der Waals surface area contributed by atoms with Crippen molar-refractivity contribution in [1.82, 2.24) is 0 Å². The molecule has 33 heavy (non-hydrogen) atoms. The maximum Gasteiger partial charge on any atom is 0.351 e. The average molecular weight is 459 g/mol. The van der Waals surface area contributed by atoms with E-state index in [4.69, 9.17) is 14.2 Å². The highest BCUT2D eigenvalue weighted by molar-refractivity contribution is 5.93. The highest BCUT2D eigenvalue weighted by Gasteiger charge is 2.76. The zero-order valence-corrected chi connectivity index (χ0v) is 21.3. The Morgan fingerprint density at radius 2 is 1.79 bits per heavy atom. The average Bonchev–Trinajstić information content (AvgIpc) is 3.00. The molecule has 6 heteroatoms. The lowest BCUT2D eigenvalue weighted by molar-refractivity contribution is -0.186. The van der Waals surface area contributed by atoms with E-state index in [1.54, 1.807) is 6.92 Å². The topological polar surface area (TPSA) is 78.9 Å². The van der Waals surface area contributed by atoms with E-state index in [0.29, 0.717) is 25.9 Å². The molecule has 2 aliphatic carbocycles. The van der Waals surface area contributed by atoms with Crippen LogP contribution in [0.1, 0.15) is 81.1 Å². The Labute approximate surface area is 197 Å². The molecular formula is C27H38O6. The monoisotopic (exact) mass is 458 g/mol. The molecule has 1 saturated carbocycles. The first-order valence-corrected chi connectivity index (χ1v) is 11.9. The molecule has 0 aromatic heterocycles. The van der Waals surface area contributed by atoms with Gasteiger partial charge < -0.3 is 14.2 Å². The van der Waals surface area contributed by atoms with E-state index in [2.05, 4.69) is 13.8 Å². The Bertz CT molecular complexity index is 950. The Morgan fingerprint density at radius 1 is 1.12 bits per heavy atom. The molecule has 0 spiro atoms. The molecule has 1 heterocycles. The van der Waals surface area contributed by atoms with Crippen molar-refractivity contribution in [2.45, 2.75) is 92.8 Å². The van der Waals surface area contributed by atoms with Gasteiger partial charge in [-0.05, 0) is 75.5 Å². The number of esters is 3. The molecule has 1 aliphatic heterocycles. The predicted octanol–water partition coefficient (Wildman–Crippen LogP) is 5.22. The van der Waals surface area contributed by atoms with Crippen molar-refractivity contribution < 1.29 is 28.6 Å². The van der Waals surface area contributed by atoms with E-state index in [9.17, 15) is 14.4 Å². The molecule has 2 bridgehead atoms. The van der Waals surface area contributed by atoms with Crippen LogP contribution in [0.15, 0.2) is 34.9 Å². The minimum atomic E-state index is -1.22. The van der Waals surface area contributed by atoms with Crippen LogP contribution < -0.4 is 0 Å². The summed E-state index contributed by atoms with van der Waals surface area (Å²) in [5.74, 6) is -1.11. The molecule has 0 amide bonds. The van der Waals surface area contributed by atoms with E-state index >= 15 is 0 Å². The van der Waals surface area contributed by atoms with Gasteiger partial charge in [-0.3, -0.25) is 4.79 Å². The largest absolute Gasteiger partial charge is 0.463 e. The zero-order chi connectivity index (χ0) is 24.8. The summed E-state index contributed by atoms with van der Waals surface area (Å²) in [5, 5.41) is 0. The molecule has 3 aliphatic rings. The van der Waals surface area contributed by atoms with Gasteiger partial charge in [0.2, 0.25) is 5.60 Å². The number of allylic oxidation sites excluding steroid dienone is 4. The van der Waals surface area contributed by atoms with Crippen LogP contribution in [0.2, 0.25) is 0 Å². The van der Waals surface area contributed by atoms with Crippen LogP contribution in [0, 0.1) is 16.2 Å². The van der Waals surface area contributed by atoms with E-state index in [0.717, 1.165) is 23.1 Å². The minimum Gasteiger partial charge on any atom is -0.463 e. The predicted molar refractivity (Wildman–Crippen MR) is 125 cm³/mol. The van der Waals surface area contributed by atoms with Gasteiger partial charge in [0.25, 0.3) is 0 Å². The third kappa shape index (κ3) is 3.95. The van der Waals surface area contributed by atoms with Gasteiger partial charge in [-0.2, -0.15) is 0 Å². The van der Waals surface area contributed by atoms with Crippen molar-refractivity contribution in [2.24, 2.45) is 16.2 Å². The maximum atomic E-state index is 13.5. The molecule has 3 atom stereocenters. The summed E-state index contributed by atoms with van der Waals surface area (Å²) in [7, 11) is 0. The Kier molecular flexibility index (Phi) is 6.46. The van der Waals surface area contributed by atoms with Gasteiger partial charge >= 0.3 is 17.9 Å². The molecule has 0 unspecified atom stereocenters. The fourth-order valence-electron chi connectivity index (χ4n) is 5.61. The van der Waals surface area contributed by atoms with Gasteiger partial charge in [-0.25, -0.2) is 9.59 Å². The molecule has 0 N–H and O–H groups in total. The van der Waals surface area contributed by atoms with Crippen LogP contribution in [0.3, 0.4) is 0 Å². The van der Waals surface area contributed by atoms with Crippen LogP contribution in [-0.2, 0) is 28.6 Å². The van der Waals surface area contributed by atoms with Crippen molar-refractivity contribution in [2.75, 3.05) is 6.61 Å². The number of rotatable bonds is 6. The van der Waals surface area contributed by atoms with Crippen LogP contribution in [0.4, 0.5) is 0 Å². The SMILES string of the molecule is CCOC(=O)/C=C(C)/C=C/C1=C(C)[C@H](OC(=O)[C@@]23CC[C@@](C)(C(=O)O2)C3(C)C)CCC1(C)C. The van der Waals surface area contributed by atoms with Crippen molar-refractivity contribution in [3.8, 4) is 0 Å². The van der Waals surface area contributed by atoms with Gasteiger partial charge in [-0.1, -0.05) is 39.8 Å². The lowest BCUT2D eigenvalue weighted by Crippen LogP contribution is -2.50. The third-order valence-corrected chi connectivity index (χ3v) is 8.48. The molecule has 2 fully saturated rings. The first-order chi connectivity index (χ1) is 15.2. The maximum absolute atomic E-state index is 13.5. The second kappa shape index (κ2) is 8.44. The van der Waals surface area contributed by atoms with Crippen molar-refractivity contribution >= 4 is 17.9 Å². The van der Waals surface area contributed by atoms with Gasteiger partial charge in [0.05, 0.1) is 12.0 Å². The van der Waals surface area contributed by atoms with Gasteiger partial charge in [-0.15, -0.1) is 0 Å². The molecule has 182 valence electrons. The quantitative estimate of drug-likeness (QED) is 0.235. The van der Waals surface area contributed by atoms with E-state index in [-0.39, 0.29) is 23.5 Å². The molecule has 0 aromatic carbocycles. The summed E-state index contributed by atoms with van der Waals surface area (Å²) < 4.78 is 16.8. The molecule has 3 rings (SSSR count). The second-order valence-corrected chi connectivity index (χ2v) is 11.1. The normalized spacial score (nSPS) is 32.8. The first kappa shape index (κ1) is 25.3. The van der Waals surface area contributed by atoms with Crippen LogP contribution >= 0.6 is 0 Å². The minimum absolute atomic E-state index is 0.100. The van der Waals surface area contributed by atoms with Crippen LogP contribution in [-0.4, -0.2) is 36.2 Å². The Balaban J connectivity index is 1.85. The van der Waals surface area contributed by atoms with Gasteiger partial charge in [0.1, 0.15) is 6.10 Å². The van der Waals surface area contributed by atoms with Crippen molar-refractivity contribution in [3.63, 3.8) is 0 Å². The lowest BCUT2D eigenvalue weighted by atomic mass is 9.66. The Morgan fingerprint density at radius 3 is 2.33 bits per heavy atom. The van der Waals surface area contributed by atoms with Crippen molar-refractivity contribution in [1.29, 1.82) is 0 Å². The standard InChI is InChI=1S/C27H38O6/c1-9-31-21(28)16-17(2)10-11-19-18(3)20(12-13-24(19,4)5)32-23(30)27-15-14-26(8,22(29)33-27)25(27,6)7/h10-11,16,20H,9,12-15H2,1-8H3/b11-10+,17-16+/t20-,26+,27-/m1/s1. The lowest BCUT2D eigenvalue weighted by Gasteiger charge is -2.39. The fraction of sp³-hybridized carbons (Fsp3) is 0.667. The smallest absolute Gasteiger partial charge is 0.351 e. The number of hydrogen-bond acceptors (Lipinski definition) is 6.